The Morgan fingerprint density at radius 3 is 2.76 bits per heavy atom. The first-order valence-electron chi connectivity index (χ1n) is 6.84. The summed E-state index contributed by atoms with van der Waals surface area (Å²) in [5.41, 5.74) is 0. The summed E-state index contributed by atoms with van der Waals surface area (Å²) in [6, 6.07) is 0. The molecule has 118 valence electrons. The second-order valence-electron chi connectivity index (χ2n) is 4.36. The monoisotopic (exact) mass is 317 g/mol. The SMILES string of the molecule is COCCOCCNc1nc(Cl)nc(N2CCOCC2)n1. The van der Waals surface area contributed by atoms with Crippen LogP contribution in [0.15, 0.2) is 0 Å². The zero-order valence-electron chi connectivity index (χ0n) is 12.0. The predicted molar refractivity (Wildman–Crippen MR) is 79.1 cm³/mol. The zero-order valence-corrected chi connectivity index (χ0v) is 12.8. The van der Waals surface area contributed by atoms with Crippen molar-refractivity contribution in [3.05, 3.63) is 5.28 Å². The molecule has 0 saturated carbocycles. The van der Waals surface area contributed by atoms with Crippen molar-refractivity contribution in [2.75, 3.05) is 70.0 Å². The molecule has 1 saturated heterocycles. The molecule has 1 aromatic rings. The van der Waals surface area contributed by atoms with Gasteiger partial charge in [-0.15, -0.1) is 0 Å². The van der Waals surface area contributed by atoms with E-state index in [1.54, 1.807) is 7.11 Å². The minimum Gasteiger partial charge on any atom is -0.382 e. The lowest BCUT2D eigenvalue weighted by molar-refractivity contribution is 0.0759. The van der Waals surface area contributed by atoms with Crippen LogP contribution < -0.4 is 10.2 Å². The molecular formula is C12H20ClN5O3. The Labute approximate surface area is 128 Å². The summed E-state index contributed by atoms with van der Waals surface area (Å²) in [7, 11) is 1.64. The maximum atomic E-state index is 5.94. The van der Waals surface area contributed by atoms with Crippen molar-refractivity contribution in [3.8, 4) is 0 Å². The van der Waals surface area contributed by atoms with E-state index in [1.807, 2.05) is 4.90 Å². The largest absolute Gasteiger partial charge is 0.382 e. The van der Waals surface area contributed by atoms with E-state index in [2.05, 4.69) is 20.3 Å². The van der Waals surface area contributed by atoms with Crippen LogP contribution in [0.4, 0.5) is 11.9 Å². The Balaban J connectivity index is 1.83. The molecule has 2 rings (SSSR count). The third kappa shape index (κ3) is 5.58. The number of rotatable bonds is 8. The number of methoxy groups -OCH3 is 1. The van der Waals surface area contributed by atoms with Crippen LogP contribution in [0.3, 0.4) is 0 Å². The molecule has 0 aliphatic carbocycles. The lowest BCUT2D eigenvalue weighted by atomic mass is 10.4. The number of hydrogen-bond acceptors (Lipinski definition) is 8. The van der Waals surface area contributed by atoms with Gasteiger partial charge < -0.3 is 24.4 Å². The molecule has 21 heavy (non-hydrogen) atoms. The molecule has 0 amide bonds. The van der Waals surface area contributed by atoms with E-state index in [0.29, 0.717) is 51.5 Å². The minimum atomic E-state index is 0.175. The lowest BCUT2D eigenvalue weighted by Gasteiger charge is -2.26. The highest BCUT2D eigenvalue weighted by Gasteiger charge is 2.15. The summed E-state index contributed by atoms with van der Waals surface area (Å²) in [5.74, 6) is 1.02. The molecule has 1 N–H and O–H groups in total. The first-order valence-corrected chi connectivity index (χ1v) is 7.22. The molecular weight excluding hydrogens is 298 g/mol. The van der Waals surface area contributed by atoms with Crippen LogP contribution in [-0.4, -0.2) is 74.7 Å². The average molecular weight is 318 g/mol. The van der Waals surface area contributed by atoms with Gasteiger partial charge in [0, 0.05) is 26.7 Å². The smallest absolute Gasteiger partial charge is 0.231 e. The third-order valence-electron chi connectivity index (χ3n) is 2.85. The summed E-state index contributed by atoms with van der Waals surface area (Å²) in [6.07, 6.45) is 0. The average Bonchev–Trinajstić information content (AvgIpc) is 2.51. The molecule has 1 fully saturated rings. The number of nitrogens with zero attached hydrogens (tertiary/aromatic N) is 4. The van der Waals surface area contributed by atoms with Crippen molar-refractivity contribution in [2.45, 2.75) is 0 Å². The van der Waals surface area contributed by atoms with Crippen molar-refractivity contribution >= 4 is 23.5 Å². The maximum Gasteiger partial charge on any atom is 0.231 e. The molecule has 2 heterocycles. The van der Waals surface area contributed by atoms with Crippen LogP contribution in [0.5, 0.6) is 0 Å². The lowest BCUT2D eigenvalue weighted by Crippen LogP contribution is -2.37. The summed E-state index contributed by atoms with van der Waals surface area (Å²) in [6.45, 7) is 5.11. The molecule has 8 nitrogen and oxygen atoms in total. The number of nitrogens with one attached hydrogen (secondary N) is 1. The Morgan fingerprint density at radius 1 is 1.19 bits per heavy atom. The topological polar surface area (TPSA) is 81.6 Å². The molecule has 1 aliphatic heterocycles. The van der Waals surface area contributed by atoms with E-state index in [0.717, 1.165) is 13.1 Å². The summed E-state index contributed by atoms with van der Waals surface area (Å²) >= 11 is 5.94. The van der Waals surface area contributed by atoms with Crippen LogP contribution in [0.25, 0.3) is 0 Å². The maximum absolute atomic E-state index is 5.94. The number of ether oxygens (including phenoxy) is 3. The molecule has 0 atom stereocenters. The molecule has 0 spiro atoms. The fourth-order valence-electron chi connectivity index (χ4n) is 1.80. The first-order chi connectivity index (χ1) is 10.3. The highest BCUT2D eigenvalue weighted by atomic mass is 35.5. The Kier molecular flexibility index (Phi) is 6.87. The first kappa shape index (κ1) is 16.2. The molecule has 0 bridgehead atoms. The normalized spacial score (nSPS) is 15.2. The summed E-state index contributed by atoms with van der Waals surface area (Å²) < 4.78 is 15.6. The van der Waals surface area contributed by atoms with Gasteiger partial charge in [-0.25, -0.2) is 0 Å². The highest BCUT2D eigenvalue weighted by Crippen LogP contribution is 2.14. The second kappa shape index (κ2) is 8.93. The van der Waals surface area contributed by atoms with Gasteiger partial charge in [-0.3, -0.25) is 0 Å². The molecule has 1 aliphatic rings. The minimum absolute atomic E-state index is 0.175. The highest BCUT2D eigenvalue weighted by molar-refractivity contribution is 6.28. The number of morpholine rings is 1. The van der Waals surface area contributed by atoms with Crippen LogP contribution >= 0.6 is 11.6 Å². The molecule has 0 radical (unpaired) electrons. The van der Waals surface area contributed by atoms with E-state index >= 15 is 0 Å². The Morgan fingerprint density at radius 2 is 2.00 bits per heavy atom. The fraction of sp³-hybridized carbons (Fsp3) is 0.750. The van der Waals surface area contributed by atoms with Crippen molar-refractivity contribution in [2.24, 2.45) is 0 Å². The molecule has 0 aromatic carbocycles. The third-order valence-corrected chi connectivity index (χ3v) is 3.02. The quantitative estimate of drug-likeness (QED) is 0.692. The van der Waals surface area contributed by atoms with Gasteiger partial charge in [0.2, 0.25) is 17.2 Å². The van der Waals surface area contributed by atoms with Gasteiger partial charge in [-0.05, 0) is 11.6 Å². The van der Waals surface area contributed by atoms with Gasteiger partial charge in [0.15, 0.2) is 0 Å². The van der Waals surface area contributed by atoms with Crippen LogP contribution in [-0.2, 0) is 14.2 Å². The van der Waals surface area contributed by atoms with Gasteiger partial charge >= 0.3 is 0 Å². The van der Waals surface area contributed by atoms with Crippen LogP contribution in [0.2, 0.25) is 5.28 Å². The van der Waals surface area contributed by atoms with E-state index in [1.165, 1.54) is 0 Å². The predicted octanol–water partition coefficient (Wildman–Crippen LogP) is 0.436. The van der Waals surface area contributed by atoms with Gasteiger partial charge in [0.05, 0.1) is 33.0 Å². The number of aromatic nitrogens is 3. The van der Waals surface area contributed by atoms with Crippen molar-refractivity contribution in [1.82, 2.24) is 15.0 Å². The second-order valence-corrected chi connectivity index (χ2v) is 4.70. The summed E-state index contributed by atoms with van der Waals surface area (Å²) in [5, 5.41) is 3.25. The van der Waals surface area contributed by atoms with Crippen molar-refractivity contribution in [1.29, 1.82) is 0 Å². The molecule has 1 aromatic heterocycles. The number of hydrogen-bond donors (Lipinski definition) is 1. The number of anilines is 2. The fourth-order valence-corrected chi connectivity index (χ4v) is 1.96. The van der Waals surface area contributed by atoms with Crippen LogP contribution in [0.1, 0.15) is 0 Å². The summed E-state index contributed by atoms with van der Waals surface area (Å²) in [4.78, 5) is 14.6. The number of halogens is 1. The van der Waals surface area contributed by atoms with E-state index < -0.39 is 0 Å². The standard InChI is InChI=1S/C12H20ClN5O3/c1-19-8-9-20-5-2-14-11-15-10(13)16-12(17-11)18-3-6-21-7-4-18/h2-9H2,1H3,(H,14,15,16,17). The molecule has 9 heteroatoms. The molecule has 0 unspecified atom stereocenters. The van der Waals surface area contributed by atoms with E-state index in [9.17, 15) is 0 Å². The van der Waals surface area contributed by atoms with E-state index in [4.69, 9.17) is 25.8 Å². The zero-order chi connectivity index (χ0) is 14.9. The van der Waals surface area contributed by atoms with Crippen molar-refractivity contribution in [3.63, 3.8) is 0 Å². The van der Waals surface area contributed by atoms with Crippen LogP contribution in [0, 0.1) is 0 Å². The van der Waals surface area contributed by atoms with Gasteiger partial charge in [0.25, 0.3) is 0 Å². The van der Waals surface area contributed by atoms with Gasteiger partial charge in [-0.2, -0.15) is 15.0 Å². The Bertz CT molecular complexity index is 431. The van der Waals surface area contributed by atoms with E-state index in [-0.39, 0.29) is 5.28 Å². The van der Waals surface area contributed by atoms with Gasteiger partial charge in [0.1, 0.15) is 0 Å². The van der Waals surface area contributed by atoms with Gasteiger partial charge in [-0.1, -0.05) is 0 Å². The van der Waals surface area contributed by atoms with Crippen molar-refractivity contribution < 1.29 is 14.2 Å². The Hall–Kier alpha value is -1.22.